The van der Waals surface area contributed by atoms with Crippen LogP contribution < -0.4 is 5.32 Å². The Kier molecular flexibility index (Phi) is 6.13. The largest absolute Gasteiger partial charge is 0.307 e. The Morgan fingerprint density at radius 2 is 1.48 bits per heavy atom. The molecule has 1 atom stereocenters. The van der Waals surface area contributed by atoms with Gasteiger partial charge in [0, 0.05) is 24.7 Å². The molecule has 0 aliphatic rings. The van der Waals surface area contributed by atoms with Crippen molar-refractivity contribution in [2.45, 2.75) is 13.0 Å². The van der Waals surface area contributed by atoms with E-state index in [0.29, 0.717) is 6.54 Å². The lowest BCUT2D eigenvalue weighted by Gasteiger charge is -2.14. The highest BCUT2D eigenvalue weighted by atomic mass is 16.6. The molecule has 0 heterocycles. The fraction of sp³-hybridized carbons (Fsp3) is 0.130. The standard InChI is InChI=1S/C23H22N2O2/c1-18(19-8-4-2-5-9-19)24-17-16-23(20-10-6-3-7-11-20)21-12-14-22(15-13-21)25(26)27/h2-16,18,24H,17H2,1H3/b23-16-/t18-/m1/s1. The maximum absolute atomic E-state index is 10.9. The van der Waals surface area contributed by atoms with Crippen LogP contribution in [0.1, 0.15) is 29.7 Å². The van der Waals surface area contributed by atoms with Crippen LogP contribution in [0.15, 0.2) is 91.0 Å². The Hall–Kier alpha value is -3.24. The zero-order chi connectivity index (χ0) is 19.1. The Bertz CT molecular complexity index is 904. The third-order valence-electron chi connectivity index (χ3n) is 4.50. The average Bonchev–Trinajstić information content (AvgIpc) is 2.72. The lowest BCUT2D eigenvalue weighted by atomic mass is 9.97. The molecule has 0 aromatic heterocycles. The molecular formula is C23H22N2O2. The van der Waals surface area contributed by atoms with Crippen molar-refractivity contribution in [3.8, 4) is 0 Å². The number of nitrogens with one attached hydrogen (secondary N) is 1. The van der Waals surface area contributed by atoms with E-state index in [4.69, 9.17) is 0 Å². The molecule has 0 aliphatic heterocycles. The summed E-state index contributed by atoms with van der Waals surface area (Å²) in [6, 6.07) is 27.3. The van der Waals surface area contributed by atoms with Crippen LogP contribution in [0.4, 0.5) is 5.69 Å². The molecule has 0 bridgehead atoms. The maximum Gasteiger partial charge on any atom is 0.269 e. The summed E-state index contributed by atoms with van der Waals surface area (Å²) in [6.45, 7) is 2.83. The van der Waals surface area contributed by atoms with Crippen molar-refractivity contribution in [2.75, 3.05) is 6.54 Å². The fourth-order valence-corrected chi connectivity index (χ4v) is 2.98. The Labute approximate surface area is 159 Å². The first-order valence-electron chi connectivity index (χ1n) is 8.94. The third kappa shape index (κ3) is 4.90. The molecule has 136 valence electrons. The maximum atomic E-state index is 10.9. The van der Waals surface area contributed by atoms with Crippen molar-refractivity contribution in [1.82, 2.24) is 5.32 Å². The molecule has 4 heteroatoms. The highest BCUT2D eigenvalue weighted by molar-refractivity contribution is 5.80. The summed E-state index contributed by atoms with van der Waals surface area (Å²) in [5, 5.41) is 14.4. The van der Waals surface area contributed by atoms with Gasteiger partial charge in [0.05, 0.1) is 4.92 Å². The van der Waals surface area contributed by atoms with Gasteiger partial charge in [-0.2, -0.15) is 0 Å². The molecule has 1 N–H and O–H groups in total. The van der Waals surface area contributed by atoms with E-state index < -0.39 is 0 Å². The van der Waals surface area contributed by atoms with Crippen LogP contribution in [0.5, 0.6) is 0 Å². The van der Waals surface area contributed by atoms with Crippen LogP contribution in [0, 0.1) is 10.1 Å². The molecule has 0 fully saturated rings. The van der Waals surface area contributed by atoms with E-state index in [2.05, 4.69) is 30.4 Å². The van der Waals surface area contributed by atoms with Gasteiger partial charge in [0.2, 0.25) is 0 Å². The molecule has 3 rings (SSSR count). The summed E-state index contributed by atoms with van der Waals surface area (Å²) in [4.78, 5) is 10.5. The predicted molar refractivity (Wildman–Crippen MR) is 109 cm³/mol. The lowest BCUT2D eigenvalue weighted by Crippen LogP contribution is -2.18. The Morgan fingerprint density at radius 3 is 2.07 bits per heavy atom. The first-order chi connectivity index (χ1) is 13.1. The second-order valence-electron chi connectivity index (χ2n) is 6.33. The van der Waals surface area contributed by atoms with Crippen LogP contribution in [-0.2, 0) is 0 Å². The molecule has 3 aromatic carbocycles. The first kappa shape index (κ1) is 18.5. The van der Waals surface area contributed by atoms with Crippen molar-refractivity contribution in [2.24, 2.45) is 0 Å². The Morgan fingerprint density at radius 1 is 0.926 bits per heavy atom. The third-order valence-corrected chi connectivity index (χ3v) is 4.50. The topological polar surface area (TPSA) is 55.2 Å². The van der Waals surface area contributed by atoms with Gasteiger partial charge in [-0.05, 0) is 41.3 Å². The van der Waals surface area contributed by atoms with Gasteiger partial charge in [0.1, 0.15) is 0 Å². The molecule has 0 saturated carbocycles. The monoisotopic (exact) mass is 358 g/mol. The number of hydrogen-bond acceptors (Lipinski definition) is 3. The van der Waals surface area contributed by atoms with Gasteiger partial charge in [-0.3, -0.25) is 10.1 Å². The summed E-state index contributed by atoms with van der Waals surface area (Å²) in [6.07, 6.45) is 2.13. The van der Waals surface area contributed by atoms with E-state index in [9.17, 15) is 10.1 Å². The smallest absolute Gasteiger partial charge is 0.269 e. The zero-order valence-electron chi connectivity index (χ0n) is 15.2. The number of nitrogens with zero attached hydrogens (tertiary/aromatic N) is 1. The summed E-state index contributed by atoms with van der Waals surface area (Å²) in [5.74, 6) is 0. The summed E-state index contributed by atoms with van der Waals surface area (Å²) in [5.41, 5.74) is 4.43. The lowest BCUT2D eigenvalue weighted by molar-refractivity contribution is -0.384. The minimum Gasteiger partial charge on any atom is -0.307 e. The molecule has 0 amide bonds. The Balaban J connectivity index is 1.82. The SMILES string of the molecule is C[C@@H](NC/C=C(/c1ccccc1)c1ccc([N+](=O)[O-])cc1)c1ccccc1. The molecule has 0 radical (unpaired) electrons. The van der Waals surface area contributed by atoms with Crippen molar-refractivity contribution >= 4 is 11.3 Å². The quantitative estimate of drug-likeness (QED) is 0.456. The minimum absolute atomic E-state index is 0.0991. The van der Waals surface area contributed by atoms with E-state index in [-0.39, 0.29) is 16.7 Å². The molecule has 3 aromatic rings. The van der Waals surface area contributed by atoms with Gasteiger partial charge in [0.25, 0.3) is 5.69 Å². The van der Waals surface area contributed by atoms with Crippen LogP contribution in [0.3, 0.4) is 0 Å². The minimum atomic E-state index is -0.376. The van der Waals surface area contributed by atoms with E-state index in [1.54, 1.807) is 24.3 Å². The molecule has 0 spiro atoms. The van der Waals surface area contributed by atoms with Crippen molar-refractivity contribution in [3.05, 3.63) is 118 Å². The normalized spacial score (nSPS) is 12.6. The van der Waals surface area contributed by atoms with Gasteiger partial charge in [0.15, 0.2) is 0 Å². The second kappa shape index (κ2) is 8.92. The number of non-ortho nitro benzene ring substituents is 1. The number of benzene rings is 3. The molecular weight excluding hydrogens is 336 g/mol. The van der Waals surface area contributed by atoms with E-state index >= 15 is 0 Å². The summed E-state index contributed by atoms with van der Waals surface area (Å²) in [7, 11) is 0. The number of rotatable bonds is 7. The van der Waals surface area contributed by atoms with Crippen LogP contribution in [-0.4, -0.2) is 11.5 Å². The van der Waals surface area contributed by atoms with Gasteiger partial charge >= 0.3 is 0 Å². The molecule has 0 aliphatic carbocycles. The predicted octanol–water partition coefficient (Wildman–Crippen LogP) is 5.38. The van der Waals surface area contributed by atoms with E-state index in [0.717, 1.165) is 16.7 Å². The average molecular weight is 358 g/mol. The summed E-state index contributed by atoms with van der Waals surface area (Å²) >= 11 is 0. The van der Waals surface area contributed by atoms with Crippen LogP contribution in [0.2, 0.25) is 0 Å². The van der Waals surface area contributed by atoms with E-state index in [1.807, 2.05) is 48.5 Å². The highest BCUT2D eigenvalue weighted by Gasteiger charge is 2.09. The van der Waals surface area contributed by atoms with Gasteiger partial charge in [-0.15, -0.1) is 0 Å². The first-order valence-corrected chi connectivity index (χ1v) is 8.94. The molecule has 0 unspecified atom stereocenters. The van der Waals surface area contributed by atoms with Gasteiger partial charge in [-0.1, -0.05) is 66.7 Å². The molecule has 0 saturated heterocycles. The second-order valence-corrected chi connectivity index (χ2v) is 6.33. The number of hydrogen-bond donors (Lipinski definition) is 1. The van der Waals surface area contributed by atoms with Crippen LogP contribution in [0.25, 0.3) is 5.57 Å². The number of nitro groups is 1. The van der Waals surface area contributed by atoms with Crippen molar-refractivity contribution in [3.63, 3.8) is 0 Å². The van der Waals surface area contributed by atoms with Crippen LogP contribution >= 0.6 is 0 Å². The number of nitro benzene ring substituents is 1. The molecule has 4 nitrogen and oxygen atoms in total. The highest BCUT2D eigenvalue weighted by Crippen LogP contribution is 2.25. The summed E-state index contributed by atoms with van der Waals surface area (Å²) < 4.78 is 0. The van der Waals surface area contributed by atoms with Gasteiger partial charge < -0.3 is 5.32 Å². The zero-order valence-corrected chi connectivity index (χ0v) is 15.2. The van der Waals surface area contributed by atoms with E-state index in [1.165, 1.54) is 5.56 Å². The molecule has 27 heavy (non-hydrogen) atoms. The van der Waals surface area contributed by atoms with Crippen molar-refractivity contribution < 1.29 is 4.92 Å². The van der Waals surface area contributed by atoms with Crippen molar-refractivity contribution in [1.29, 1.82) is 0 Å². The fourth-order valence-electron chi connectivity index (χ4n) is 2.98. The van der Waals surface area contributed by atoms with Gasteiger partial charge in [-0.25, -0.2) is 0 Å².